The van der Waals surface area contributed by atoms with Gasteiger partial charge in [-0.25, -0.2) is 0 Å². The molecule has 0 amide bonds. The smallest absolute Gasteiger partial charge is 0.318 e. The maximum absolute atomic E-state index is 12.5. The first-order chi connectivity index (χ1) is 12.6. The van der Waals surface area contributed by atoms with Crippen LogP contribution >= 0.6 is 12.2 Å². The van der Waals surface area contributed by atoms with Crippen molar-refractivity contribution in [2.75, 3.05) is 0 Å². The summed E-state index contributed by atoms with van der Waals surface area (Å²) >= 11 is 4.56. The van der Waals surface area contributed by atoms with Gasteiger partial charge < -0.3 is 9.84 Å². The summed E-state index contributed by atoms with van der Waals surface area (Å²) in [6.45, 7) is 1.82. The molecule has 0 aromatic heterocycles. The van der Waals surface area contributed by atoms with Gasteiger partial charge in [-0.15, -0.1) is 0 Å². The molecule has 0 aliphatic heterocycles. The number of esters is 1. The Morgan fingerprint density at radius 2 is 1.78 bits per heavy atom. The Morgan fingerprint density at radius 1 is 1.11 bits per heavy atom. The summed E-state index contributed by atoms with van der Waals surface area (Å²) in [5.74, 6) is -0.281. The number of fused-ring (bicyclic) bond motifs is 1. The molecule has 0 aliphatic rings. The van der Waals surface area contributed by atoms with E-state index in [-0.39, 0.29) is 20.0 Å². The predicted octanol–water partition coefficient (Wildman–Crippen LogP) is 5.41. The van der Waals surface area contributed by atoms with Gasteiger partial charge in [0.05, 0.1) is 23.4 Å². The second kappa shape index (κ2) is 9.19. The van der Waals surface area contributed by atoms with Gasteiger partial charge in [0.1, 0.15) is 5.75 Å². The highest BCUT2D eigenvalue weighted by molar-refractivity contribution is 7.78. The number of rotatable bonds is 5. The number of benzene rings is 3. The Labute approximate surface area is 164 Å². The summed E-state index contributed by atoms with van der Waals surface area (Å²) in [5, 5.41) is 13.6. The number of aliphatic hydroxyl groups excluding tert-OH is 1. The number of isothiocyanates is 1. The highest BCUT2D eigenvalue weighted by Crippen LogP contribution is 2.25. The van der Waals surface area contributed by atoms with E-state index in [1.54, 1.807) is 24.3 Å². The van der Waals surface area contributed by atoms with E-state index in [1.807, 2.05) is 43.3 Å². The number of thiocarbonyl (C=S) groups is 1. The number of aliphatic hydroxyl groups is 1. The summed E-state index contributed by atoms with van der Waals surface area (Å²) in [6, 6.07) is 18.4. The summed E-state index contributed by atoms with van der Waals surface area (Å²) in [7, 11) is 0. The number of aliphatic imine (C=N–C) groups is 1. The Morgan fingerprint density at radius 3 is 2.44 bits per heavy atom. The first-order valence-electron chi connectivity index (χ1n) is 8.14. The third-order valence-electron chi connectivity index (χ3n) is 4.19. The number of hydrogen-bond donors (Lipinski definition) is 1. The van der Waals surface area contributed by atoms with E-state index in [4.69, 9.17) is 4.74 Å². The molecule has 3 aromatic rings. The SMILES string of the molecule is C.CC(C(=O)Oc1ccc(N=C=S)cc1)c1ccc2cc(CO)ccc2c1. The third kappa shape index (κ3) is 4.86. The fourth-order valence-corrected chi connectivity index (χ4v) is 2.77. The van der Waals surface area contributed by atoms with Crippen LogP contribution in [-0.2, 0) is 11.4 Å². The van der Waals surface area contributed by atoms with Gasteiger partial charge in [0.25, 0.3) is 0 Å². The lowest BCUT2D eigenvalue weighted by Crippen LogP contribution is -2.16. The Kier molecular flexibility index (Phi) is 6.97. The van der Waals surface area contributed by atoms with Gasteiger partial charge in [0, 0.05) is 0 Å². The molecule has 0 aliphatic carbocycles. The van der Waals surface area contributed by atoms with Gasteiger partial charge >= 0.3 is 5.97 Å². The zero-order chi connectivity index (χ0) is 18.5. The van der Waals surface area contributed by atoms with E-state index in [1.165, 1.54) is 0 Å². The molecular formula is C22H21NO3S. The Bertz CT molecular complexity index is 992. The van der Waals surface area contributed by atoms with Gasteiger partial charge in [-0.05, 0) is 71.4 Å². The summed E-state index contributed by atoms with van der Waals surface area (Å²) in [4.78, 5) is 16.3. The fraction of sp³-hybridized carbons (Fsp3) is 0.182. The van der Waals surface area contributed by atoms with Crippen molar-refractivity contribution in [3.8, 4) is 5.75 Å². The number of ether oxygens (including phenoxy) is 1. The minimum atomic E-state index is -0.407. The zero-order valence-electron chi connectivity index (χ0n) is 14.2. The van der Waals surface area contributed by atoms with Crippen LogP contribution in [0.4, 0.5) is 5.69 Å². The maximum Gasteiger partial charge on any atom is 0.318 e. The second-order valence-corrected chi connectivity index (χ2v) is 6.12. The molecule has 0 fully saturated rings. The van der Waals surface area contributed by atoms with Gasteiger partial charge in [-0.1, -0.05) is 37.8 Å². The van der Waals surface area contributed by atoms with Crippen molar-refractivity contribution in [1.82, 2.24) is 0 Å². The van der Waals surface area contributed by atoms with Gasteiger partial charge in [-0.2, -0.15) is 4.99 Å². The van der Waals surface area contributed by atoms with Crippen molar-refractivity contribution in [2.45, 2.75) is 26.9 Å². The lowest BCUT2D eigenvalue weighted by Gasteiger charge is -2.13. The van der Waals surface area contributed by atoms with E-state index in [0.29, 0.717) is 11.4 Å². The molecule has 1 atom stereocenters. The van der Waals surface area contributed by atoms with E-state index in [9.17, 15) is 9.90 Å². The molecule has 0 saturated carbocycles. The topological polar surface area (TPSA) is 58.9 Å². The molecule has 27 heavy (non-hydrogen) atoms. The normalized spacial score (nSPS) is 11.2. The maximum atomic E-state index is 12.5. The van der Waals surface area contributed by atoms with Crippen LogP contribution in [0.15, 0.2) is 65.7 Å². The van der Waals surface area contributed by atoms with Gasteiger partial charge in [0.15, 0.2) is 0 Å². The van der Waals surface area contributed by atoms with Crippen molar-refractivity contribution in [2.24, 2.45) is 4.99 Å². The lowest BCUT2D eigenvalue weighted by molar-refractivity contribution is -0.135. The zero-order valence-corrected chi connectivity index (χ0v) is 15.0. The van der Waals surface area contributed by atoms with Crippen LogP contribution in [0.1, 0.15) is 31.4 Å². The average molecular weight is 379 g/mol. The van der Waals surface area contributed by atoms with E-state index in [0.717, 1.165) is 21.9 Å². The number of carbonyl (C=O) groups is 1. The molecule has 0 bridgehead atoms. The molecule has 0 spiro atoms. The molecule has 138 valence electrons. The quantitative estimate of drug-likeness (QED) is 0.279. The minimum absolute atomic E-state index is 0. The van der Waals surface area contributed by atoms with Crippen LogP contribution in [-0.4, -0.2) is 16.2 Å². The van der Waals surface area contributed by atoms with Crippen LogP contribution < -0.4 is 4.74 Å². The molecule has 1 N–H and O–H groups in total. The standard InChI is InChI=1S/C21H17NO3S.CH4/c1-14(21(24)25-20-8-6-19(7-9-20)22-13-26)16-4-5-17-10-15(12-23)2-3-18(17)11-16;/h2-11,14,23H,12H2,1H3;1H4. The van der Waals surface area contributed by atoms with Crippen molar-refractivity contribution < 1.29 is 14.6 Å². The van der Waals surface area contributed by atoms with Crippen molar-refractivity contribution in [1.29, 1.82) is 0 Å². The average Bonchev–Trinajstić information content (AvgIpc) is 2.68. The number of nitrogens with zero attached hydrogens (tertiary/aromatic N) is 1. The van der Waals surface area contributed by atoms with Gasteiger partial charge in [-0.3, -0.25) is 4.79 Å². The molecule has 4 nitrogen and oxygen atoms in total. The molecule has 5 heteroatoms. The lowest BCUT2D eigenvalue weighted by atomic mass is 9.97. The highest BCUT2D eigenvalue weighted by Gasteiger charge is 2.18. The highest BCUT2D eigenvalue weighted by atomic mass is 32.1. The van der Waals surface area contributed by atoms with E-state index >= 15 is 0 Å². The summed E-state index contributed by atoms with van der Waals surface area (Å²) in [5.41, 5.74) is 2.39. The molecule has 3 aromatic carbocycles. The van der Waals surface area contributed by atoms with Crippen molar-refractivity contribution in [3.05, 3.63) is 71.8 Å². The first kappa shape index (κ1) is 20.5. The molecule has 0 heterocycles. The van der Waals surface area contributed by atoms with Gasteiger partial charge in [0.2, 0.25) is 0 Å². The largest absolute Gasteiger partial charge is 0.426 e. The monoisotopic (exact) mass is 379 g/mol. The second-order valence-electron chi connectivity index (χ2n) is 5.94. The van der Waals surface area contributed by atoms with Crippen LogP contribution in [0.2, 0.25) is 0 Å². The summed E-state index contributed by atoms with van der Waals surface area (Å²) < 4.78 is 5.45. The van der Waals surface area contributed by atoms with E-state index in [2.05, 4.69) is 22.4 Å². The number of hydrogen-bond acceptors (Lipinski definition) is 5. The first-order valence-corrected chi connectivity index (χ1v) is 8.54. The van der Waals surface area contributed by atoms with E-state index < -0.39 is 5.92 Å². The van der Waals surface area contributed by atoms with Crippen LogP contribution in [0, 0.1) is 0 Å². The van der Waals surface area contributed by atoms with Crippen LogP contribution in [0.25, 0.3) is 10.8 Å². The molecule has 3 rings (SSSR count). The van der Waals surface area contributed by atoms with Crippen LogP contribution in [0.5, 0.6) is 5.75 Å². The predicted molar refractivity (Wildman–Crippen MR) is 112 cm³/mol. The molecule has 1 unspecified atom stereocenters. The Balaban J connectivity index is 0.00000261. The molecular weight excluding hydrogens is 358 g/mol. The molecule has 0 radical (unpaired) electrons. The number of carbonyl (C=O) groups excluding carboxylic acids is 1. The fourth-order valence-electron chi connectivity index (χ4n) is 2.66. The van der Waals surface area contributed by atoms with Crippen molar-refractivity contribution >= 4 is 39.8 Å². The Hall–Kier alpha value is -2.85. The third-order valence-corrected chi connectivity index (χ3v) is 4.29. The van der Waals surface area contributed by atoms with Crippen LogP contribution in [0.3, 0.4) is 0 Å². The van der Waals surface area contributed by atoms with Crippen molar-refractivity contribution in [3.63, 3.8) is 0 Å². The minimum Gasteiger partial charge on any atom is -0.426 e. The molecule has 0 saturated heterocycles. The summed E-state index contributed by atoms with van der Waals surface area (Å²) in [6.07, 6.45) is 0.